The molecule has 0 unspecified atom stereocenters. The highest BCUT2D eigenvalue weighted by Gasteiger charge is 2.24. The molecular formula is C43H36N6. The number of nitrogens with zero attached hydrogens (tertiary/aromatic N) is 6. The summed E-state index contributed by atoms with van der Waals surface area (Å²) >= 11 is 0. The lowest BCUT2D eigenvalue weighted by atomic mass is 9.85. The molecule has 0 aliphatic heterocycles. The molecule has 5 aromatic carbocycles. The van der Waals surface area contributed by atoms with E-state index in [-0.39, 0.29) is 16.7 Å². The first kappa shape index (κ1) is 31.5. The first-order chi connectivity index (χ1) is 23.5. The average molecular weight is 637 g/mol. The lowest BCUT2D eigenvalue weighted by molar-refractivity contribution is 0.590. The summed E-state index contributed by atoms with van der Waals surface area (Å²) in [5.74, 6) is 1.21. The molecule has 0 spiro atoms. The van der Waals surface area contributed by atoms with Crippen molar-refractivity contribution >= 4 is 21.8 Å². The van der Waals surface area contributed by atoms with Crippen molar-refractivity contribution in [3.05, 3.63) is 131 Å². The molecule has 0 N–H and O–H groups in total. The Hall–Kier alpha value is -6.11. The predicted octanol–water partition coefficient (Wildman–Crippen LogP) is 10.3. The van der Waals surface area contributed by atoms with Gasteiger partial charge in [0, 0.05) is 27.6 Å². The van der Waals surface area contributed by atoms with Gasteiger partial charge in [-0.25, -0.2) is 15.0 Å². The zero-order valence-electron chi connectivity index (χ0n) is 28.6. The lowest BCUT2D eigenvalue weighted by Crippen LogP contribution is -2.10. The second-order valence-electron chi connectivity index (χ2n) is 14.5. The Balaban J connectivity index is 1.50. The largest absolute Gasteiger partial charge is 0.309 e. The molecule has 0 saturated heterocycles. The summed E-state index contributed by atoms with van der Waals surface area (Å²) in [7, 11) is 0. The van der Waals surface area contributed by atoms with Gasteiger partial charge in [-0.15, -0.1) is 0 Å². The van der Waals surface area contributed by atoms with Gasteiger partial charge in [-0.3, -0.25) is 0 Å². The van der Waals surface area contributed by atoms with Crippen LogP contribution in [-0.2, 0) is 10.8 Å². The SMILES string of the molecule is CC(C)(C)c1ccc2c(c1)c1cc(C(C)(C)C)ccc1n2-c1cc(C#N)c(-c2nc(-c3ccccc3)nc(-c3ccccc3)n2)c(C#N)c1. The first-order valence-corrected chi connectivity index (χ1v) is 16.4. The topological polar surface area (TPSA) is 91.2 Å². The second kappa shape index (κ2) is 11.8. The second-order valence-corrected chi connectivity index (χ2v) is 14.5. The predicted molar refractivity (Wildman–Crippen MR) is 197 cm³/mol. The van der Waals surface area contributed by atoms with Gasteiger partial charge in [0.25, 0.3) is 0 Å². The van der Waals surface area contributed by atoms with Gasteiger partial charge >= 0.3 is 0 Å². The standard InChI is InChI=1S/C43H36N6/c1-42(2,3)31-17-19-36-34(23-31)35-24-32(43(4,5)6)18-20-37(35)49(36)33-21-29(25-44)38(30(22-33)26-45)41-47-39(27-13-9-7-10-14-27)46-40(48-41)28-15-11-8-12-16-28/h7-24H,1-6H3. The first-order valence-electron chi connectivity index (χ1n) is 16.4. The fraction of sp³-hybridized carbons (Fsp3) is 0.186. The fourth-order valence-electron chi connectivity index (χ4n) is 6.33. The monoisotopic (exact) mass is 636 g/mol. The number of nitriles is 2. The van der Waals surface area contributed by atoms with Crippen molar-refractivity contribution in [2.45, 2.75) is 52.4 Å². The van der Waals surface area contributed by atoms with Crippen LogP contribution in [0, 0.1) is 22.7 Å². The highest BCUT2D eigenvalue weighted by molar-refractivity contribution is 6.10. The molecule has 0 saturated carbocycles. The van der Waals surface area contributed by atoms with Crippen LogP contribution < -0.4 is 0 Å². The van der Waals surface area contributed by atoms with Crippen molar-refractivity contribution in [2.24, 2.45) is 0 Å². The Kier molecular flexibility index (Phi) is 7.61. The van der Waals surface area contributed by atoms with E-state index in [4.69, 9.17) is 15.0 Å². The minimum absolute atomic E-state index is 0.0321. The van der Waals surface area contributed by atoms with Gasteiger partial charge in [-0.1, -0.05) is 114 Å². The summed E-state index contributed by atoms with van der Waals surface area (Å²) in [6, 6.07) is 41.0. The number of aromatic nitrogens is 4. The van der Waals surface area contributed by atoms with Gasteiger partial charge in [0.05, 0.1) is 27.7 Å². The third-order valence-electron chi connectivity index (χ3n) is 9.04. The summed E-state index contributed by atoms with van der Waals surface area (Å²) in [6.45, 7) is 13.3. The molecule has 238 valence electrons. The molecular weight excluding hydrogens is 601 g/mol. The molecule has 2 heterocycles. The van der Waals surface area contributed by atoms with Crippen molar-refractivity contribution in [3.63, 3.8) is 0 Å². The van der Waals surface area contributed by atoms with E-state index in [1.54, 1.807) is 0 Å². The number of benzene rings is 5. The number of hydrogen-bond acceptors (Lipinski definition) is 5. The summed E-state index contributed by atoms with van der Waals surface area (Å²) < 4.78 is 2.16. The van der Waals surface area contributed by atoms with Crippen LogP contribution in [0.25, 0.3) is 61.7 Å². The van der Waals surface area contributed by atoms with Crippen molar-refractivity contribution < 1.29 is 0 Å². The highest BCUT2D eigenvalue weighted by atomic mass is 15.0. The van der Waals surface area contributed by atoms with E-state index in [9.17, 15) is 10.5 Å². The van der Waals surface area contributed by atoms with Gasteiger partial charge in [-0.05, 0) is 58.4 Å². The van der Waals surface area contributed by atoms with Crippen LogP contribution in [0.3, 0.4) is 0 Å². The van der Waals surface area contributed by atoms with Crippen molar-refractivity contribution in [1.82, 2.24) is 19.5 Å². The lowest BCUT2D eigenvalue weighted by Gasteiger charge is -2.19. The van der Waals surface area contributed by atoms with Crippen LogP contribution in [0.5, 0.6) is 0 Å². The van der Waals surface area contributed by atoms with Crippen LogP contribution in [0.1, 0.15) is 63.8 Å². The summed E-state index contributed by atoms with van der Waals surface area (Å²) in [5, 5.41) is 23.5. The molecule has 2 aromatic heterocycles. The third kappa shape index (κ3) is 5.73. The van der Waals surface area contributed by atoms with Crippen LogP contribution in [0.2, 0.25) is 0 Å². The average Bonchev–Trinajstić information content (AvgIpc) is 3.44. The summed E-state index contributed by atoms with van der Waals surface area (Å²) in [5.41, 5.74) is 7.79. The smallest absolute Gasteiger partial charge is 0.166 e. The van der Waals surface area contributed by atoms with Crippen LogP contribution in [-0.4, -0.2) is 19.5 Å². The van der Waals surface area contributed by atoms with Gasteiger partial charge in [0.2, 0.25) is 0 Å². The van der Waals surface area contributed by atoms with Gasteiger partial charge < -0.3 is 4.57 Å². The highest BCUT2D eigenvalue weighted by Crippen LogP contribution is 2.39. The van der Waals surface area contributed by atoms with E-state index >= 15 is 0 Å². The Morgan fingerprint density at radius 2 is 0.918 bits per heavy atom. The molecule has 0 aliphatic rings. The van der Waals surface area contributed by atoms with Gasteiger partial charge in [0.15, 0.2) is 17.5 Å². The van der Waals surface area contributed by atoms with E-state index in [0.717, 1.165) is 38.6 Å². The summed E-state index contributed by atoms with van der Waals surface area (Å²) in [4.78, 5) is 14.5. The zero-order chi connectivity index (χ0) is 34.5. The van der Waals surface area contributed by atoms with Crippen LogP contribution in [0.4, 0.5) is 0 Å². The normalized spacial score (nSPS) is 11.8. The maximum absolute atomic E-state index is 10.6. The van der Waals surface area contributed by atoms with Gasteiger partial charge in [0.1, 0.15) is 12.1 Å². The Morgan fingerprint density at radius 1 is 0.510 bits per heavy atom. The zero-order valence-corrected chi connectivity index (χ0v) is 28.6. The maximum atomic E-state index is 10.6. The van der Waals surface area contributed by atoms with Gasteiger partial charge in [-0.2, -0.15) is 10.5 Å². The minimum atomic E-state index is -0.0321. The molecule has 7 rings (SSSR count). The Labute approximate surface area is 287 Å². The van der Waals surface area contributed by atoms with Crippen LogP contribution >= 0.6 is 0 Å². The number of hydrogen-bond donors (Lipinski definition) is 0. The van der Waals surface area contributed by atoms with E-state index < -0.39 is 0 Å². The Morgan fingerprint density at radius 3 is 1.31 bits per heavy atom. The molecule has 7 aromatic rings. The van der Waals surface area contributed by atoms with E-state index in [2.05, 4.69) is 94.6 Å². The fourth-order valence-corrected chi connectivity index (χ4v) is 6.33. The van der Waals surface area contributed by atoms with E-state index in [1.807, 2.05) is 72.8 Å². The molecule has 49 heavy (non-hydrogen) atoms. The molecule has 0 radical (unpaired) electrons. The maximum Gasteiger partial charge on any atom is 0.166 e. The molecule has 0 fully saturated rings. The minimum Gasteiger partial charge on any atom is -0.309 e. The molecule has 0 atom stereocenters. The van der Waals surface area contributed by atoms with E-state index in [1.165, 1.54) is 11.1 Å². The molecule has 0 amide bonds. The molecule has 0 bridgehead atoms. The molecule has 6 nitrogen and oxygen atoms in total. The van der Waals surface area contributed by atoms with Crippen molar-refractivity contribution in [1.29, 1.82) is 10.5 Å². The van der Waals surface area contributed by atoms with Crippen molar-refractivity contribution in [2.75, 3.05) is 0 Å². The van der Waals surface area contributed by atoms with E-state index in [0.29, 0.717) is 28.3 Å². The number of fused-ring (bicyclic) bond motifs is 3. The third-order valence-corrected chi connectivity index (χ3v) is 9.04. The van der Waals surface area contributed by atoms with Crippen molar-refractivity contribution in [3.8, 4) is 52.0 Å². The Bertz CT molecular complexity index is 2300. The number of rotatable bonds is 4. The summed E-state index contributed by atoms with van der Waals surface area (Å²) in [6.07, 6.45) is 0. The van der Waals surface area contributed by atoms with Crippen LogP contribution in [0.15, 0.2) is 109 Å². The molecule has 6 heteroatoms. The molecule has 0 aliphatic carbocycles. The quantitative estimate of drug-likeness (QED) is 0.192.